The summed E-state index contributed by atoms with van der Waals surface area (Å²) in [6.07, 6.45) is 2.54. The standard InChI is InChI=1S/C14H17ClN2/c1-10(2)9-17(12-5-6-12)13-4-3-11(8-16)14(15)7-13/h3-4,7,10,12H,5-6,9H2,1-2H3. The Morgan fingerprint density at radius 1 is 1.47 bits per heavy atom. The third-order valence-corrected chi connectivity index (χ3v) is 3.27. The van der Waals surface area contributed by atoms with Crippen LogP contribution in [0, 0.1) is 17.2 Å². The summed E-state index contributed by atoms with van der Waals surface area (Å²) < 4.78 is 0. The van der Waals surface area contributed by atoms with Gasteiger partial charge in [-0.2, -0.15) is 5.26 Å². The lowest BCUT2D eigenvalue weighted by Crippen LogP contribution is -2.29. The van der Waals surface area contributed by atoms with Crippen molar-refractivity contribution in [1.82, 2.24) is 0 Å². The van der Waals surface area contributed by atoms with Crippen molar-refractivity contribution in [3.8, 4) is 6.07 Å². The van der Waals surface area contributed by atoms with Gasteiger partial charge in [-0.25, -0.2) is 0 Å². The molecule has 90 valence electrons. The van der Waals surface area contributed by atoms with Crippen LogP contribution in [0.15, 0.2) is 18.2 Å². The summed E-state index contributed by atoms with van der Waals surface area (Å²) in [6, 6.07) is 8.50. The fourth-order valence-corrected chi connectivity index (χ4v) is 2.24. The van der Waals surface area contributed by atoms with Crippen molar-refractivity contribution in [1.29, 1.82) is 5.26 Å². The van der Waals surface area contributed by atoms with Crippen molar-refractivity contribution in [2.24, 2.45) is 5.92 Å². The predicted molar refractivity (Wildman–Crippen MR) is 71.4 cm³/mol. The molecule has 1 aromatic rings. The SMILES string of the molecule is CC(C)CN(c1ccc(C#N)c(Cl)c1)C1CC1. The number of anilines is 1. The van der Waals surface area contributed by atoms with Crippen molar-refractivity contribution >= 4 is 17.3 Å². The van der Waals surface area contributed by atoms with Gasteiger partial charge in [-0.15, -0.1) is 0 Å². The lowest BCUT2D eigenvalue weighted by molar-refractivity contribution is 0.607. The quantitative estimate of drug-likeness (QED) is 0.810. The van der Waals surface area contributed by atoms with Crippen LogP contribution in [0.4, 0.5) is 5.69 Å². The first-order valence-electron chi connectivity index (χ1n) is 6.08. The van der Waals surface area contributed by atoms with Crippen LogP contribution in [0.25, 0.3) is 0 Å². The number of halogens is 1. The molecule has 1 aliphatic carbocycles. The van der Waals surface area contributed by atoms with E-state index < -0.39 is 0 Å². The zero-order chi connectivity index (χ0) is 12.4. The van der Waals surface area contributed by atoms with E-state index in [1.54, 1.807) is 0 Å². The zero-order valence-electron chi connectivity index (χ0n) is 10.3. The van der Waals surface area contributed by atoms with Crippen LogP contribution >= 0.6 is 11.6 Å². The number of benzene rings is 1. The molecule has 1 saturated carbocycles. The second-order valence-electron chi connectivity index (χ2n) is 5.05. The van der Waals surface area contributed by atoms with Gasteiger partial charge in [0.05, 0.1) is 10.6 Å². The van der Waals surface area contributed by atoms with Crippen LogP contribution in [-0.2, 0) is 0 Å². The van der Waals surface area contributed by atoms with Crippen molar-refractivity contribution in [3.63, 3.8) is 0 Å². The summed E-state index contributed by atoms with van der Waals surface area (Å²) >= 11 is 6.09. The minimum Gasteiger partial charge on any atom is -0.368 e. The Hall–Kier alpha value is -1.20. The van der Waals surface area contributed by atoms with E-state index in [-0.39, 0.29) is 0 Å². The van der Waals surface area contributed by atoms with Gasteiger partial charge in [0.2, 0.25) is 0 Å². The Bertz CT molecular complexity index is 444. The van der Waals surface area contributed by atoms with Crippen LogP contribution in [0.5, 0.6) is 0 Å². The Morgan fingerprint density at radius 2 is 2.18 bits per heavy atom. The average Bonchev–Trinajstić information content (AvgIpc) is 3.09. The van der Waals surface area contributed by atoms with E-state index >= 15 is 0 Å². The second-order valence-corrected chi connectivity index (χ2v) is 5.46. The van der Waals surface area contributed by atoms with Crippen LogP contribution in [0.1, 0.15) is 32.3 Å². The van der Waals surface area contributed by atoms with Gasteiger partial charge in [0.1, 0.15) is 6.07 Å². The Labute approximate surface area is 108 Å². The van der Waals surface area contributed by atoms with Gasteiger partial charge in [-0.3, -0.25) is 0 Å². The molecule has 0 amide bonds. The van der Waals surface area contributed by atoms with E-state index in [2.05, 4.69) is 24.8 Å². The molecule has 2 rings (SSSR count). The van der Waals surface area contributed by atoms with E-state index in [0.717, 1.165) is 12.2 Å². The maximum absolute atomic E-state index is 8.87. The van der Waals surface area contributed by atoms with E-state index in [9.17, 15) is 0 Å². The minimum absolute atomic E-state index is 0.552. The van der Waals surface area contributed by atoms with E-state index in [1.807, 2.05) is 18.2 Å². The molecule has 1 aliphatic rings. The highest BCUT2D eigenvalue weighted by atomic mass is 35.5. The molecular formula is C14H17ClN2. The Kier molecular flexibility index (Phi) is 3.59. The summed E-state index contributed by atoms with van der Waals surface area (Å²) in [4.78, 5) is 2.41. The van der Waals surface area contributed by atoms with Crippen LogP contribution < -0.4 is 4.90 Å². The molecule has 0 spiro atoms. The summed E-state index contributed by atoms with van der Waals surface area (Å²) in [5.41, 5.74) is 1.70. The highest BCUT2D eigenvalue weighted by Gasteiger charge is 2.29. The van der Waals surface area contributed by atoms with Crippen molar-refractivity contribution < 1.29 is 0 Å². The molecule has 1 fully saturated rings. The average molecular weight is 249 g/mol. The number of rotatable bonds is 4. The van der Waals surface area contributed by atoms with Gasteiger partial charge in [-0.1, -0.05) is 25.4 Å². The Morgan fingerprint density at radius 3 is 2.65 bits per heavy atom. The fraction of sp³-hybridized carbons (Fsp3) is 0.500. The van der Waals surface area contributed by atoms with Gasteiger partial charge in [-0.05, 0) is 37.0 Å². The molecule has 0 atom stereocenters. The number of hydrogen-bond acceptors (Lipinski definition) is 2. The molecule has 1 aromatic carbocycles. The molecular weight excluding hydrogens is 232 g/mol. The van der Waals surface area contributed by atoms with E-state index in [4.69, 9.17) is 16.9 Å². The van der Waals surface area contributed by atoms with Crippen LogP contribution in [-0.4, -0.2) is 12.6 Å². The van der Waals surface area contributed by atoms with E-state index in [1.165, 1.54) is 12.8 Å². The van der Waals surface area contributed by atoms with Crippen molar-refractivity contribution in [3.05, 3.63) is 28.8 Å². The molecule has 0 radical (unpaired) electrons. The number of nitrogens with zero attached hydrogens (tertiary/aromatic N) is 2. The van der Waals surface area contributed by atoms with Crippen LogP contribution in [0.3, 0.4) is 0 Å². The predicted octanol–water partition coefficient (Wildman–Crippen LogP) is 3.84. The number of hydrogen-bond donors (Lipinski definition) is 0. The highest BCUT2D eigenvalue weighted by Crippen LogP contribution is 2.34. The van der Waals surface area contributed by atoms with Crippen molar-refractivity contribution in [2.75, 3.05) is 11.4 Å². The molecule has 0 saturated heterocycles. The molecule has 17 heavy (non-hydrogen) atoms. The van der Waals surface area contributed by atoms with Gasteiger partial charge in [0.25, 0.3) is 0 Å². The topological polar surface area (TPSA) is 27.0 Å². The molecule has 0 aromatic heterocycles. The first-order chi connectivity index (χ1) is 8.11. The normalized spacial score (nSPS) is 14.8. The second kappa shape index (κ2) is 4.98. The summed E-state index contributed by atoms with van der Waals surface area (Å²) in [6.45, 7) is 5.49. The monoisotopic (exact) mass is 248 g/mol. The van der Waals surface area contributed by atoms with Gasteiger partial charge < -0.3 is 4.90 Å². The molecule has 0 unspecified atom stereocenters. The Balaban J connectivity index is 2.24. The fourth-order valence-electron chi connectivity index (χ4n) is 2.02. The van der Waals surface area contributed by atoms with Crippen molar-refractivity contribution in [2.45, 2.75) is 32.7 Å². The molecule has 0 aliphatic heterocycles. The lowest BCUT2D eigenvalue weighted by Gasteiger charge is -2.27. The third-order valence-electron chi connectivity index (χ3n) is 2.95. The highest BCUT2D eigenvalue weighted by molar-refractivity contribution is 6.32. The maximum Gasteiger partial charge on any atom is 0.101 e. The molecule has 3 heteroatoms. The number of nitriles is 1. The summed E-state index contributed by atoms with van der Waals surface area (Å²) in [5.74, 6) is 0.630. The zero-order valence-corrected chi connectivity index (χ0v) is 11.0. The largest absolute Gasteiger partial charge is 0.368 e. The first kappa shape index (κ1) is 12.3. The van der Waals surface area contributed by atoms with E-state index in [0.29, 0.717) is 22.5 Å². The minimum atomic E-state index is 0.552. The third kappa shape index (κ3) is 2.92. The van der Waals surface area contributed by atoms with Gasteiger partial charge in [0.15, 0.2) is 0 Å². The van der Waals surface area contributed by atoms with Crippen LogP contribution in [0.2, 0.25) is 5.02 Å². The van der Waals surface area contributed by atoms with Gasteiger partial charge >= 0.3 is 0 Å². The molecule has 0 bridgehead atoms. The molecule has 0 heterocycles. The summed E-state index contributed by atoms with van der Waals surface area (Å²) in [5, 5.41) is 9.42. The molecule has 2 nitrogen and oxygen atoms in total. The lowest BCUT2D eigenvalue weighted by atomic mass is 10.1. The maximum atomic E-state index is 8.87. The smallest absolute Gasteiger partial charge is 0.101 e. The molecule has 0 N–H and O–H groups in total. The first-order valence-corrected chi connectivity index (χ1v) is 6.46. The summed E-state index contributed by atoms with van der Waals surface area (Å²) in [7, 11) is 0. The van der Waals surface area contributed by atoms with Gasteiger partial charge in [0, 0.05) is 18.3 Å².